The summed E-state index contributed by atoms with van der Waals surface area (Å²) in [4.78, 5) is 39.9. The second-order valence-corrected chi connectivity index (χ2v) is 11.0. The minimum atomic E-state index is -4.95. The van der Waals surface area contributed by atoms with Gasteiger partial charge in [0.05, 0.1) is 11.9 Å². The number of aliphatic hydroxyl groups is 1. The van der Waals surface area contributed by atoms with Gasteiger partial charge in [-0.25, -0.2) is 4.79 Å². The van der Waals surface area contributed by atoms with E-state index in [4.69, 9.17) is 4.74 Å². The number of carbonyl (C=O) groups excluding carboxylic acids is 3. The van der Waals surface area contributed by atoms with E-state index in [1.54, 1.807) is 65.0 Å². The maximum absolute atomic E-state index is 13.3. The summed E-state index contributed by atoms with van der Waals surface area (Å²) in [5.41, 5.74) is -0.283. The predicted octanol–water partition coefficient (Wildman–Crippen LogP) is 3.09. The molecule has 1 aliphatic heterocycles. The topological polar surface area (TPSA) is 108 Å². The number of alkyl halides is 3. The van der Waals surface area contributed by atoms with Crippen LogP contribution in [0, 0.1) is 5.92 Å². The largest absolute Gasteiger partial charge is 0.444 e. The van der Waals surface area contributed by atoms with E-state index in [0.29, 0.717) is 5.56 Å². The lowest BCUT2D eigenvalue weighted by atomic mass is 10.00. The Balaban J connectivity index is 2.18. The van der Waals surface area contributed by atoms with Crippen LogP contribution in [0.5, 0.6) is 0 Å². The first-order valence-electron chi connectivity index (χ1n) is 11.6. The fourth-order valence-electron chi connectivity index (χ4n) is 3.62. The zero-order valence-corrected chi connectivity index (χ0v) is 21.8. The van der Waals surface area contributed by atoms with Crippen molar-refractivity contribution in [3.05, 3.63) is 35.9 Å². The number of hydrogen-bond donors (Lipinski definition) is 3. The van der Waals surface area contributed by atoms with Crippen LogP contribution in [-0.2, 0) is 20.7 Å². The minimum absolute atomic E-state index is 0.126. The lowest BCUT2D eigenvalue weighted by Crippen LogP contribution is -2.59. The summed E-state index contributed by atoms with van der Waals surface area (Å²) in [6, 6.07) is 4.46. The number of nitrogens with one attached hydrogen (secondary N) is 2. The highest BCUT2D eigenvalue weighted by atomic mass is 32.2. The number of carbonyl (C=O) groups is 3. The van der Waals surface area contributed by atoms with Crippen molar-refractivity contribution in [2.45, 2.75) is 77.0 Å². The van der Waals surface area contributed by atoms with Gasteiger partial charge >= 0.3 is 12.3 Å². The summed E-state index contributed by atoms with van der Waals surface area (Å²) >= 11 is 1.27. The van der Waals surface area contributed by atoms with Crippen LogP contribution in [0.1, 0.15) is 40.2 Å². The molecule has 8 nitrogen and oxygen atoms in total. The van der Waals surface area contributed by atoms with E-state index in [1.165, 1.54) is 16.7 Å². The average Bonchev–Trinajstić information content (AvgIpc) is 3.25. The number of benzene rings is 1. The summed E-state index contributed by atoms with van der Waals surface area (Å²) in [6.45, 7) is 8.47. The highest BCUT2D eigenvalue weighted by Crippen LogP contribution is 2.27. The number of hydrogen-bond acceptors (Lipinski definition) is 6. The van der Waals surface area contributed by atoms with Crippen LogP contribution >= 0.6 is 11.8 Å². The van der Waals surface area contributed by atoms with Crippen molar-refractivity contribution in [2.24, 2.45) is 5.92 Å². The van der Waals surface area contributed by atoms with Gasteiger partial charge in [-0.1, -0.05) is 44.2 Å². The van der Waals surface area contributed by atoms with E-state index in [9.17, 15) is 32.7 Å². The summed E-state index contributed by atoms with van der Waals surface area (Å²) in [5.74, 6) is -1.41. The van der Waals surface area contributed by atoms with Crippen molar-refractivity contribution in [1.29, 1.82) is 0 Å². The zero-order valence-electron chi connectivity index (χ0n) is 21.0. The molecule has 0 aromatic heterocycles. The van der Waals surface area contributed by atoms with E-state index in [-0.39, 0.29) is 24.0 Å². The Hall–Kier alpha value is -2.47. The Morgan fingerprint density at radius 1 is 1.14 bits per heavy atom. The van der Waals surface area contributed by atoms with E-state index in [1.807, 2.05) is 0 Å². The lowest BCUT2D eigenvalue weighted by molar-refractivity contribution is -0.212. The van der Waals surface area contributed by atoms with Gasteiger partial charge in [-0.05, 0) is 38.7 Å². The summed E-state index contributed by atoms with van der Waals surface area (Å²) < 4.78 is 45.3. The van der Waals surface area contributed by atoms with Gasteiger partial charge in [-0.2, -0.15) is 13.2 Å². The maximum Gasteiger partial charge on any atom is 0.416 e. The van der Waals surface area contributed by atoms with E-state index < -0.39 is 53.9 Å². The number of alkyl carbamates (subject to hydrolysis) is 1. The van der Waals surface area contributed by atoms with Crippen molar-refractivity contribution in [3.8, 4) is 0 Å². The number of aliphatic hydroxyl groups excluding tert-OH is 1. The summed E-state index contributed by atoms with van der Waals surface area (Å²) in [7, 11) is 0. The number of thioether (sulfide) groups is 1. The molecule has 1 aliphatic rings. The third-order valence-corrected chi connectivity index (χ3v) is 6.43. The van der Waals surface area contributed by atoms with Gasteiger partial charge in [0.1, 0.15) is 17.7 Å². The molecule has 2 rings (SSSR count). The van der Waals surface area contributed by atoms with Crippen LogP contribution in [0.4, 0.5) is 18.0 Å². The number of halogens is 3. The molecule has 1 heterocycles. The first-order valence-corrected chi connectivity index (χ1v) is 12.7. The van der Waals surface area contributed by atoms with Gasteiger partial charge in [0.15, 0.2) is 6.10 Å². The number of nitrogens with zero attached hydrogens (tertiary/aromatic N) is 1. The maximum atomic E-state index is 13.3. The Bertz CT molecular complexity index is 908. The third-order valence-electron chi connectivity index (χ3n) is 5.42. The van der Waals surface area contributed by atoms with Crippen molar-refractivity contribution >= 4 is 29.7 Å². The molecule has 3 amide bonds. The van der Waals surface area contributed by atoms with Crippen molar-refractivity contribution in [2.75, 3.05) is 11.6 Å². The quantitative estimate of drug-likeness (QED) is 0.474. The fourth-order valence-corrected chi connectivity index (χ4v) is 4.78. The molecule has 3 N–H and O–H groups in total. The highest BCUT2D eigenvalue weighted by molar-refractivity contribution is 7.99. The molecule has 1 saturated heterocycles. The fraction of sp³-hybridized carbons (Fsp3) is 0.625. The normalized spacial score (nSPS) is 18.9. The van der Waals surface area contributed by atoms with Crippen LogP contribution in [-0.4, -0.2) is 75.6 Å². The number of amides is 3. The Morgan fingerprint density at radius 3 is 2.28 bits per heavy atom. The van der Waals surface area contributed by atoms with Crippen LogP contribution < -0.4 is 10.6 Å². The monoisotopic (exact) mass is 533 g/mol. The standard InChI is InChI=1S/C24H34F3N3O5S/c1-14(2)18(29-22(34)35-23(3,4)5)21(33)30-13-36-12-17(30)20(32)28-16(19(31)24(25,26)27)11-15-9-7-6-8-10-15/h6-10,14,16-19,31H,11-13H2,1-5H3,(H,28,32)(H,29,34)/t16?,17-,18-,19?/m0/s1. The molecule has 36 heavy (non-hydrogen) atoms. The SMILES string of the molecule is CC(C)[C@H](NC(=O)OC(C)(C)C)C(=O)N1CSC[C@H]1C(=O)NC(Cc1ccccc1)C(O)C(F)(F)F. The van der Waals surface area contributed by atoms with Crippen LogP contribution in [0.15, 0.2) is 30.3 Å². The van der Waals surface area contributed by atoms with Gasteiger partial charge in [0.2, 0.25) is 11.8 Å². The molecule has 1 fully saturated rings. The molecule has 4 atom stereocenters. The molecule has 2 unspecified atom stereocenters. The molecule has 0 radical (unpaired) electrons. The summed E-state index contributed by atoms with van der Waals surface area (Å²) in [5, 5.41) is 14.8. The van der Waals surface area contributed by atoms with E-state index >= 15 is 0 Å². The molecular weight excluding hydrogens is 499 g/mol. The first kappa shape index (κ1) is 29.8. The van der Waals surface area contributed by atoms with Gasteiger partial charge in [0, 0.05) is 5.75 Å². The molecular formula is C24H34F3N3O5S. The molecule has 0 bridgehead atoms. The Kier molecular flexibility index (Phi) is 10.1. The third kappa shape index (κ3) is 8.58. The van der Waals surface area contributed by atoms with Gasteiger partial charge in [-0.15, -0.1) is 11.8 Å². The molecule has 1 aromatic rings. The average molecular weight is 534 g/mol. The van der Waals surface area contributed by atoms with Crippen molar-refractivity contribution in [3.63, 3.8) is 0 Å². The van der Waals surface area contributed by atoms with E-state index in [0.717, 1.165) is 0 Å². The number of ether oxygens (including phenoxy) is 1. The van der Waals surface area contributed by atoms with Gasteiger partial charge < -0.3 is 25.4 Å². The molecule has 202 valence electrons. The Labute approximate surface area is 213 Å². The lowest BCUT2D eigenvalue weighted by Gasteiger charge is -2.32. The molecule has 12 heteroatoms. The van der Waals surface area contributed by atoms with Gasteiger partial charge in [-0.3, -0.25) is 9.59 Å². The molecule has 0 saturated carbocycles. The van der Waals surface area contributed by atoms with Crippen LogP contribution in [0.25, 0.3) is 0 Å². The minimum Gasteiger partial charge on any atom is -0.444 e. The second kappa shape index (κ2) is 12.2. The second-order valence-electron chi connectivity index (χ2n) is 9.98. The first-order chi connectivity index (χ1) is 16.6. The zero-order chi connectivity index (χ0) is 27.3. The van der Waals surface area contributed by atoms with E-state index in [2.05, 4.69) is 10.6 Å². The molecule has 0 spiro atoms. The van der Waals surface area contributed by atoms with Crippen LogP contribution in [0.2, 0.25) is 0 Å². The van der Waals surface area contributed by atoms with Gasteiger partial charge in [0.25, 0.3) is 0 Å². The Morgan fingerprint density at radius 2 is 1.75 bits per heavy atom. The predicted molar refractivity (Wildman–Crippen MR) is 130 cm³/mol. The van der Waals surface area contributed by atoms with Crippen molar-refractivity contribution < 1.29 is 37.4 Å². The number of rotatable bonds is 8. The van der Waals surface area contributed by atoms with Crippen LogP contribution in [0.3, 0.4) is 0 Å². The summed E-state index contributed by atoms with van der Waals surface area (Å²) in [6.07, 6.45) is -8.79. The van der Waals surface area contributed by atoms with Crippen molar-refractivity contribution in [1.82, 2.24) is 15.5 Å². The smallest absolute Gasteiger partial charge is 0.416 e. The molecule has 1 aromatic carbocycles. The highest BCUT2D eigenvalue weighted by Gasteiger charge is 2.46. The molecule has 0 aliphatic carbocycles.